The zero-order chi connectivity index (χ0) is 26.3. The highest BCUT2D eigenvalue weighted by Gasteiger charge is 2.53. The van der Waals surface area contributed by atoms with Gasteiger partial charge in [-0.3, -0.25) is 9.48 Å². The molecule has 1 amide bonds. The first-order valence-electron chi connectivity index (χ1n) is 11.5. The zero-order valence-corrected chi connectivity index (χ0v) is 19.9. The van der Waals surface area contributed by atoms with Crippen LogP contribution >= 0.6 is 0 Å². The Kier molecular flexibility index (Phi) is 6.64. The number of rotatable bonds is 7. The highest BCUT2D eigenvalue weighted by atomic mass is 19.4. The van der Waals surface area contributed by atoms with Crippen molar-refractivity contribution in [2.45, 2.75) is 50.7 Å². The number of carbonyl (C=O) groups excluding carboxylic acids is 2. The van der Waals surface area contributed by atoms with Crippen molar-refractivity contribution in [2.24, 2.45) is 0 Å². The van der Waals surface area contributed by atoms with Gasteiger partial charge in [0.05, 0.1) is 29.8 Å². The fourth-order valence-corrected chi connectivity index (χ4v) is 4.13. The molecule has 0 aliphatic heterocycles. The molecule has 0 saturated heterocycles. The number of nitrogens with zero attached hydrogens (tertiary/aromatic N) is 2. The highest BCUT2D eigenvalue weighted by Crippen LogP contribution is 2.50. The van der Waals surface area contributed by atoms with Crippen LogP contribution in [0.25, 0.3) is 11.1 Å². The minimum atomic E-state index is -4.69. The number of hydrogen-bond acceptors (Lipinski definition) is 4. The number of halogens is 4. The first-order valence-corrected chi connectivity index (χ1v) is 11.5. The maximum atomic E-state index is 14.6. The number of nitrogens with one attached hydrogen (secondary N) is 1. The Morgan fingerprint density at radius 3 is 2.50 bits per heavy atom. The van der Waals surface area contributed by atoms with Gasteiger partial charge in [-0.25, -0.2) is 9.18 Å². The number of carbonyl (C=O) groups is 2. The summed E-state index contributed by atoms with van der Waals surface area (Å²) in [4.78, 5) is 25.6. The monoisotopic (exact) mass is 503 g/mol. The maximum absolute atomic E-state index is 14.6. The first kappa shape index (κ1) is 25.4. The molecule has 0 radical (unpaired) electrons. The van der Waals surface area contributed by atoms with E-state index in [1.54, 1.807) is 23.0 Å². The fourth-order valence-electron chi connectivity index (χ4n) is 4.13. The Hall–Kier alpha value is -3.69. The van der Waals surface area contributed by atoms with E-state index in [9.17, 15) is 27.2 Å². The number of esters is 1. The molecule has 1 fully saturated rings. The molecule has 1 heterocycles. The molecule has 1 atom stereocenters. The van der Waals surface area contributed by atoms with E-state index in [4.69, 9.17) is 4.74 Å². The zero-order valence-electron chi connectivity index (χ0n) is 19.9. The number of methoxy groups -OCH3 is 1. The molecule has 0 bridgehead atoms. The third-order valence-electron chi connectivity index (χ3n) is 6.63. The van der Waals surface area contributed by atoms with Crippen LogP contribution in [0.3, 0.4) is 0 Å². The van der Waals surface area contributed by atoms with E-state index in [2.05, 4.69) is 10.4 Å². The van der Waals surface area contributed by atoms with Crippen molar-refractivity contribution in [1.29, 1.82) is 0 Å². The van der Waals surface area contributed by atoms with Crippen LogP contribution in [0.5, 0.6) is 0 Å². The van der Waals surface area contributed by atoms with Crippen LogP contribution in [0.15, 0.2) is 48.8 Å². The Bertz CT molecular complexity index is 1310. The van der Waals surface area contributed by atoms with Crippen molar-refractivity contribution in [1.82, 2.24) is 9.78 Å². The lowest BCUT2D eigenvalue weighted by atomic mass is 9.93. The van der Waals surface area contributed by atoms with Gasteiger partial charge in [0.25, 0.3) is 0 Å². The van der Waals surface area contributed by atoms with Crippen LogP contribution in [0.1, 0.15) is 60.6 Å². The molecule has 0 spiro atoms. The molecule has 1 saturated carbocycles. The van der Waals surface area contributed by atoms with Gasteiger partial charge < -0.3 is 10.1 Å². The molecule has 190 valence electrons. The van der Waals surface area contributed by atoms with Gasteiger partial charge in [0.15, 0.2) is 0 Å². The normalized spacial score (nSPS) is 15.3. The van der Waals surface area contributed by atoms with Crippen LogP contribution in [0, 0.1) is 5.82 Å². The second-order valence-electron chi connectivity index (χ2n) is 8.95. The van der Waals surface area contributed by atoms with E-state index in [-0.39, 0.29) is 35.7 Å². The molecular formula is C26H25F4N3O3. The summed E-state index contributed by atoms with van der Waals surface area (Å²) in [7, 11) is 1.24. The van der Waals surface area contributed by atoms with Crippen LogP contribution in [0.2, 0.25) is 0 Å². The van der Waals surface area contributed by atoms with Crippen molar-refractivity contribution in [2.75, 3.05) is 12.4 Å². The third kappa shape index (κ3) is 4.72. The number of hydrogen-bond donors (Lipinski definition) is 1. The van der Waals surface area contributed by atoms with Gasteiger partial charge >= 0.3 is 12.1 Å². The maximum Gasteiger partial charge on any atom is 0.416 e. The smallest absolute Gasteiger partial charge is 0.416 e. The van der Waals surface area contributed by atoms with E-state index in [1.807, 2.05) is 20.0 Å². The average Bonchev–Trinajstić information content (AvgIpc) is 3.51. The Morgan fingerprint density at radius 1 is 1.19 bits per heavy atom. The standard InChI is InChI=1S/C26H25F4N3O3/c1-4-15(2)33-14-16(13-31-33)19-7-6-18(12-20(19)23(34)36-3)32-24(35)25(9-10-25)21-8-5-17(11-22(21)27)26(28,29)30/h5-8,11-15H,4,9-10H2,1-3H3,(H,32,35)/t15-/m1/s1. The van der Waals surface area contributed by atoms with E-state index in [1.165, 1.54) is 13.2 Å². The Morgan fingerprint density at radius 2 is 1.92 bits per heavy atom. The van der Waals surface area contributed by atoms with Crippen molar-refractivity contribution in [3.8, 4) is 11.1 Å². The number of anilines is 1. The third-order valence-corrected chi connectivity index (χ3v) is 6.63. The lowest BCUT2D eigenvalue weighted by Gasteiger charge is -2.18. The summed E-state index contributed by atoms with van der Waals surface area (Å²) in [6.07, 6.45) is 0.224. The topological polar surface area (TPSA) is 73.2 Å². The molecule has 36 heavy (non-hydrogen) atoms. The van der Waals surface area contributed by atoms with Crippen LogP contribution in [-0.2, 0) is 21.1 Å². The molecule has 1 aliphatic rings. The molecular weight excluding hydrogens is 478 g/mol. The van der Waals surface area contributed by atoms with Gasteiger partial charge in [0.1, 0.15) is 5.82 Å². The predicted molar refractivity (Wildman–Crippen MR) is 125 cm³/mol. The van der Waals surface area contributed by atoms with Crippen LogP contribution in [-0.4, -0.2) is 28.8 Å². The minimum absolute atomic E-state index is 0.0877. The summed E-state index contributed by atoms with van der Waals surface area (Å²) in [5, 5.41) is 7.04. The Balaban J connectivity index is 1.62. The fraction of sp³-hybridized carbons (Fsp3) is 0.346. The van der Waals surface area contributed by atoms with Crippen molar-refractivity contribution in [3.05, 3.63) is 71.3 Å². The number of amides is 1. The summed E-state index contributed by atoms with van der Waals surface area (Å²) in [6.45, 7) is 4.05. The summed E-state index contributed by atoms with van der Waals surface area (Å²) in [5.41, 5.74) is -0.745. The Labute approximate surface area is 205 Å². The van der Waals surface area contributed by atoms with Gasteiger partial charge in [-0.15, -0.1) is 0 Å². The summed E-state index contributed by atoms with van der Waals surface area (Å²) < 4.78 is 60.1. The van der Waals surface area contributed by atoms with E-state index in [0.717, 1.165) is 18.6 Å². The van der Waals surface area contributed by atoms with Gasteiger partial charge in [-0.2, -0.15) is 18.3 Å². The largest absolute Gasteiger partial charge is 0.465 e. The summed E-state index contributed by atoms with van der Waals surface area (Å²) in [5.74, 6) is -2.26. The molecule has 6 nitrogen and oxygen atoms in total. The molecule has 1 aromatic heterocycles. The molecule has 2 aromatic carbocycles. The van der Waals surface area contributed by atoms with Gasteiger partial charge in [-0.1, -0.05) is 19.1 Å². The molecule has 1 aliphatic carbocycles. The summed E-state index contributed by atoms with van der Waals surface area (Å²) >= 11 is 0. The molecule has 3 aromatic rings. The van der Waals surface area contributed by atoms with Crippen LogP contribution in [0.4, 0.5) is 23.2 Å². The van der Waals surface area contributed by atoms with E-state index < -0.39 is 34.8 Å². The number of benzene rings is 2. The van der Waals surface area contributed by atoms with Crippen LogP contribution < -0.4 is 5.32 Å². The van der Waals surface area contributed by atoms with Crippen molar-refractivity contribution < 1.29 is 31.9 Å². The van der Waals surface area contributed by atoms with E-state index in [0.29, 0.717) is 17.2 Å². The second-order valence-corrected chi connectivity index (χ2v) is 8.95. The average molecular weight is 503 g/mol. The highest BCUT2D eigenvalue weighted by molar-refractivity contribution is 6.04. The minimum Gasteiger partial charge on any atom is -0.465 e. The lowest BCUT2D eigenvalue weighted by molar-refractivity contribution is -0.137. The number of alkyl halides is 3. The van der Waals surface area contributed by atoms with Gasteiger partial charge in [0, 0.05) is 29.1 Å². The van der Waals surface area contributed by atoms with Crippen molar-refractivity contribution in [3.63, 3.8) is 0 Å². The first-order chi connectivity index (χ1) is 17.0. The molecule has 0 unspecified atom stereocenters. The molecule has 4 rings (SSSR count). The predicted octanol–water partition coefficient (Wildman–Crippen LogP) is 6.14. The SMILES string of the molecule is CC[C@@H](C)n1cc(-c2ccc(NC(=O)C3(c4ccc(C(F)(F)F)cc4F)CC3)cc2C(=O)OC)cn1. The summed E-state index contributed by atoms with van der Waals surface area (Å²) in [6, 6.07) is 7.07. The van der Waals surface area contributed by atoms with Crippen molar-refractivity contribution >= 4 is 17.6 Å². The number of ether oxygens (including phenoxy) is 1. The second kappa shape index (κ2) is 9.40. The lowest BCUT2D eigenvalue weighted by Crippen LogP contribution is -2.29. The molecule has 1 N–H and O–H groups in total. The molecule has 10 heteroatoms. The van der Waals surface area contributed by atoms with Gasteiger partial charge in [0.2, 0.25) is 5.91 Å². The van der Waals surface area contributed by atoms with E-state index >= 15 is 0 Å². The van der Waals surface area contributed by atoms with Gasteiger partial charge in [-0.05, 0) is 56.0 Å². The number of aromatic nitrogens is 2. The quantitative estimate of drug-likeness (QED) is 0.311.